The molecule has 13 heavy (non-hydrogen) atoms. The highest BCUT2D eigenvalue weighted by molar-refractivity contribution is 5.08. The molecule has 0 aliphatic heterocycles. The molecule has 4 heteroatoms. The van der Waals surface area contributed by atoms with E-state index in [-0.39, 0.29) is 11.1 Å². The third-order valence-electron chi connectivity index (χ3n) is 1.51. The van der Waals surface area contributed by atoms with Gasteiger partial charge in [0.05, 0.1) is 6.20 Å². The molecule has 0 atom stereocenters. The highest BCUT2D eigenvalue weighted by atomic mass is 19.3. The molecule has 0 unspecified atom stereocenters. The fourth-order valence-corrected chi connectivity index (χ4v) is 0.786. The van der Waals surface area contributed by atoms with E-state index < -0.39 is 6.43 Å². The Morgan fingerprint density at radius 3 is 2.46 bits per heavy atom. The maximum atomic E-state index is 12.2. The van der Waals surface area contributed by atoms with Crippen molar-refractivity contribution >= 4 is 0 Å². The van der Waals surface area contributed by atoms with Crippen molar-refractivity contribution in [2.24, 2.45) is 0 Å². The van der Waals surface area contributed by atoms with E-state index in [9.17, 15) is 8.78 Å². The highest BCUT2D eigenvalue weighted by Gasteiger charge is 2.19. The van der Waals surface area contributed by atoms with Crippen molar-refractivity contribution in [1.82, 2.24) is 9.97 Å². The average molecular weight is 185 g/mol. The molecule has 1 heterocycles. The summed E-state index contributed by atoms with van der Waals surface area (Å²) in [5, 5.41) is 0. The van der Waals surface area contributed by atoms with Crippen molar-refractivity contribution in [2.45, 2.75) is 32.6 Å². The van der Waals surface area contributed by atoms with E-state index in [0.29, 0.717) is 5.82 Å². The summed E-state index contributed by atoms with van der Waals surface area (Å²) in [6.07, 6.45) is -0.130. The minimum absolute atomic E-state index is 0.264. The standard InChI is InChI=1S/C9H11F2N2/c1-9(2,3)8-12-5-4-6(13-8)7(10)11/h4,7H,1-3H3. The van der Waals surface area contributed by atoms with Crippen molar-refractivity contribution in [3.8, 4) is 0 Å². The first-order valence-electron chi connectivity index (χ1n) is 3.95. The Bertz CT molecular complexity index is 292. The molecule has 71 valence electrons. The van der Waals surface area contributed by atoms with E-state index in [4.69, 9.17) is 0 Å². The van der Waals surface area contributed by atoms with Gasteiger partial charge in [0.1, 0.15) is 11.5 Å². The lowest BCUT2D eigenvalue weighted by Gasteiger charge is -2.16. The second kappa shape index (κ2) is 3.36. The molecule has 0 amide bonds. The van der Waals surface area contributed by atoms with Crippen LogP contribution in [-0.2, 0) is 5.41 Å². The summed E-state index contributed by atoms with van der Waals surface area (Å²) in [6, 6.07) is 1.11. The number of hydrogen-bond acceptors (Lipinski definition) is 2. The van der Waals surface area contributed by atoms with Crippen molar-refractivity contribution in [2.75, 3.05) is 0 Å². The summed E-state index contributed by atoms with van der Waals surface area (Å²) in [5.41, 5.74) is -0.582. The zero-order valence-corrected chi connectivity index (χ0v) is 7.81. The quantitative estimate of drug-likeness (QED) is 0.671. The smallest absolute Gasteiger partial charge is 0.231 e. The zero-order valence-electron chi connectivity index (χ0n) is 7.81. The van der Waals surface area contributed by atoms with E-state index in [1.807, 2.05) is 20.8 Å². The van der Waals surface area contributed by atoms with Gasteiger partial charge in [0.25, 0.3) is 6.43 Å². The van der Waals surface area contributed by atoms with Gasteiger partial charge in [-0.1, -0.05) is 20.8 Å². The van der Waals surface area contributed by atoms with E-state index in [1.54, 1.807) is 0 Å². The van der Waals surface area contributed by atoms with Gasteiger partial charge in [0.2, 0.25) is 0 Å². The zero-order chi connectivity index (χ0) is 10.1. The Balaban J connectivity index is 3.06. The van der Waals surface area contributed by atoms with Crippen LogP contribution in [0.5, 0.6) is 0 Å². The summed E-state index contributed by atoms with van der Waals surface area (Å²) in [6.45, 7) is 5.60. The molecule has 1 radical (unpaired) electrons. The first kappa shape index (κ1) is 10.0. The van der Waals surface area contributed by atoms with E-state index in [1.165, 1.54) is 0 Å². The van der Waals surface area contributed by atoms with Crippen LogP contribution in [0.3, 0.4) is 0 Å². The van der Waals surface area contributed by atoms with Crippen LogP contribution in [0.1, 0.15) is 38.7 Å². The van der Waals surface area contributed by atoms with Crippen molar-refractivity contribution in [3.63, 3.8) is 0 Å². The molecule has 0 saturated heterocycles. The van der Waals surface area contributed by atoms with Gasteiger partial charge in [-0.25, -0.2) is 18.7 Å². The van der Waals surface area contributed by atoms with Crippen LogP contribution in [0.25, 0.3) is 0 Å². The largest absolute Gasteiger partial charge is 0.280 e. The third kappa shape index (κ3) is 2.44. The molecular formula is C9H11F2N2. The second-order valence-corrected chi connectivity index (χ2v) is 3.80. The molecule has 1 aromatic rings. The average Bonchev–Trinajstić information content (AvgIpc) is 2.03. The van der Waals surface area contributed by atoms with Crippen LogP contribution >= 0.6 is 0 Å². The van der Waals surface area contributed by atoms with E-state index in [0.717, 1.165) is 6.07 Å². The predicted octanol–water partition coefficient (Wildman–Crippen LogP) is 2.51. The molecule has 0 spiro atoms. The minimum Gasteiger partial charge on any atom is -0.231 e. The van der Waals surface area contributed by atoms with Crippen LogP contribution in [0.15, 0.2) is 6.07 Å². The Kier molecular flexibility index (Phi) is 2.59. The Morgan fingerprint density at radius 2 is 2.00 bits per heavy atom. The number of halogens is 2. The minimum atomic E-state index is -2.56. The summed E-state index contributed by atoms with van der Waals surface area (Å²) in [5.74, 6) is 0.394. The molecule has 0 fully saturated rings. The van der Waals surface area contributed by atoms with Gasteiger partial charge in [-0.3, -0.25) is 0 Å². The van der Waals surface area contributed by atoms with Gasteiger partial charge in [0.15, 0.2) is 0 Å². The summed E-state index contributed by atoms with van der Waals surface area (Å²) in [7, 11) is 0. The lowest BCUT2D eigenvalue weighted by Crippen LogP contribution is -2.16. The first-order chi connectivity index (χ1) is 5.91. The van der Waals surface area contributed by atoms with Crippen LogP contribution in [0.4, 0.5) is 8.78 Å². The summed E-state index contributed by atoms with van der Waals surface area (Å²) < 4.78 is 24.4. The van der Waals surface area contributed by atoms with E-state index in [2.05, 4.69) is 16.2 Å². The molecule has 0 aliphatic carbocycles. The van der Waals surface area contributed by atoms with Crippen molar-refractivity contribution < 1.29 is 8.78 Å². The number of nitrogens with zero attached hydrogens (tertiary/aromatic N) is 2. The molecule has 1 rings (SSSR count). The topological polar surface area (TPSA) is 25.8 Å². The fourth-order valence-electron chi connectivity index (χ4n) is 0.786. The number of rotatable bonds is 1. The Morgan fingerprint density at radius 1 is 1.38 bits per heavy atom. The molecule has 0 aromatic carbocycles. The normalized spacial score (nSPS) is 12.2. The SMILES string of the molecule is CC(C)(C)c1n[c]cc(C(F)F)n1. The monoisotopic (exact) mass is 185 g/mol. The maximum Gasteiger partial charge on any atom is 0.280 e. The molecule has 0 bridgehead atoms. The molecule has 0 saturated carbocycles. The van der Waals surface area contributed by atoms with Crippen LogP contribution in [0.2, 0.25) is 0 Å². The van der Waals surface area contributed by atoms with E-state index >= 15 is 0 Å². The maximum absolute atomic E-state index is 12.2. The first-order valence-corrected chi connectivity index (χ1v) is 3.95. The third-order valence-corrected chi connectivity index (χ3v) is 1.51. The van der Waals surface area contributed by atoms with Gasteiger partial charge < -0.3 is 0 Å². The molecule has 0 N–H and O–H groups in total. The van der Waals surface area contributed by atoms with Crippen molar-refractivity contribution in [1.29, 1.82) is 0 Å². The van der Waals surface area contributed by atoms with Gasteiger partial charge >= 0.3 is 0 Å². The molecule has 1 aromatic heterocycles. The van der Waals surface area contributed by atoms with Gasteiger partial charge in [0, 0.05) is 5.41 Å². The fraction of sp³-hybridized carbons (Fsp3) is 0.556. The van der Waals surface area contributed by atoms with Gasteiger partial charge in [-0.05, 0) is 6.07 Å². The number of alkyl halides is 2. The highest BCUT2D eigenvalue weighted by Crippen LogP contribution is 2.21. The summed E-state index contributed by atoms with van der Waals surface area (Å²) >= 11 is 0. The summed E-state index contributed by atoms with van der Waals surface area (Å²) in [4.78, 5) is 7.57. The van der Waals surface area contributed by atoms with Crippen LogP contribution in [0, 0.1) is 6.20 Å². The molecule has 0 aliphatic rings. The molecular weight excluding hydrogens is 174 g/mol. The lowest BCUT2D eigenvalue weighted by atomic mass is 9.96. The molecule has 2 nitrogen and oxygen atoms in total. The number of hydrogen-bond donors (Lipinski definition) is 0. The number of aromatic nitrogens is 2. The van der Waals surface area contributed by atoms with Crippen LogP contribution < -0.4 is 0 Å². The van der Waals surface area contributed by atoms with Gasteiger partial charge in [-0.15, -0.1) is 0 Å². The Labute approximate surface area is 76.0 Å². The van der Waals surface area contributed by atoms with Crippen LogP contribution in [-0.4, -0.2) is 9.97 Å². The van der Waals surface area contributed by atoms with Gasteiger partial charge in [-0.2, -0.15) is 0 Å². The Hall–Kier alpha value is -1.06. The predicted molar refractivity (Wildman–Crippen MR) is 44.5 cm³/mol. The lowest BCUT2D eigenvalue weighted by molar-refractivity contribution is 0.145. The second-order valence-electron chi connectivity index (χ2n) is 3.80. The van der Waals surface area contributed by atoms with Crippen molar-refractivity contribution in [3.05, 3.63) is 23.8 Å².